The summed E-state index contributed by atoms with van der Waals surface area (Å²) in [5.41, 5.74) is 1.61. The van der Waals surface area contributed by atoms with Crippen molar-refractivity contribution in [3.63, 3.8) is 0 Å². The van der Waals surface area contributed by atoms with Crippen molar-refractivity contribution in [1.82, 2.24) is 5.32 Å². The average Bonchev–Trinajstić information content (AvgIpc) is 2.54. The maximum atomic E-state index is 12.7. The molecule has 2 aromatic rings. The number of hydrogen-bond acceptors (Lipinski definition) is 3. The number of carbonyl (C=O) groups is 1. The second-order valence-electron chi connectivity index (χ2n) is 6.28. The van der Waals surface area contributed by atoms with Gasteiger partial charge in [-0.3, -0.25) is 9.52 Å². The van der Waals surface area contributed by atoms with Crippen LogP contribution in [0, 0.1) is 6.92 Å². The van der Waals surface area contributed by atoms with Gasteiger partial charge >= 0.3 is 0 Å². The largest absolute Gasteiger partial charge is 0.350 e. The third kappa shape index (κ3) is 5.22. The van der Waals surface area contributed by atoms with Crippen molar-refractivity contribution in [3.05, 3.63) is 58.6 Å². The highest BCUT2D eigenvalue weighted by molar-refractivity contribution is 7.92. The SMILES string of the molecule is CCC[C@H](C)NC(=O)c1ccc(Cl)c(S(=O)(=O)Nc2cccc(C)c2)c1. The number of rotatable bonds is 7. The van der Waals surface area contributed by atoms with Crippen LogP contribution in [0.2, 0.25) is 5.02 Å². The van der Waals surface area contributed by atoms with Crippen molar-refractivity contribution >= 4 is 33.2 Å². The van der Waals surface area contributed by atoms with E-state index in [1.807, 2.05) is 26.8 Å². The summed E-state index contributed by atoms with van der Waals surface area (Å²) < 4.78 is 27.9. The van der Waals surface area contributed by atoms with Gasteiger partial charge in [0.25, 0.3) is 15.9 Å². The molecule has 0 unspecified atom stereocenters. The third-order valence-electron chi connectivity index (χ3n) is 3.85. The molecule has 2 N–H and O–H groups in total. The van der Waals surface area contributed by atoms with Crippen LogP contribution in [0.25, 0.3) is 0 Å². The van der Waals surface area contributed by atoms with E-state index < -0.39 is 10.0 Å². The Morgan fingerprint density at radius 1 is 1.19 bits per heavy atom. The van der Waals surface area contributed by atoms with Crippen LogP contribution in [0.4, 0.5) is 5.69 Å². The molecule has 0 bridgehead atoms. The molecule has 0 saturated carbocycles. The molecule has 2 aromatic carbocycles. The predicted molar refractivity (Wildman–Crippen MR) is 105 cm³/mol. The molecule has 5 nitrogen and oxygen atoms in total. The molecule has 2 rings (SSSR count). The fourth-order valence-corrected chi connectivity index (χ4v) is 4.16. The van der Waals surface area contributed by atoms with Gasteiger partial charge in [0.2, 0.25) is 0 Å². The summed E-state index contributed by atoms with van der Waals surface area (Å²) >= 11 is 6.09. The van der Waals surface area contributed by atoms with Gasteiger partial charge in [0.15, 0.2) is 0 Å². The van der Waals surface area contributed by atoms with E-state index in [0.717, 1.165) is 18.4 Å². The molecular weight excluding hydrogens is 372 g/mol. The normalized spacial score (nSPS) is 12.5. The van der Waals surface area contributed by atoms with Crippen molar-refractivity contribution < 1.29 is 13.2 Å². The number of benzene rings is 2. The van der Waals surface area contributed by atoms with E-state index in [2.05, 4.69) is 10.0 Å². The fraction of sp³-hybridized carbons (Fsp3) is 0.316. The zero-order valence-corrected chi connectivity index (χ0v) is 16.6. The number of hydrogen-bond donors (Lipinski definition) is 2. The van der Waals surface area contributed by atoms with E-state index in [1.165, 1.54) is 18.2 Å². The Kier molecular flexibility index (Phi) is 6.67. The van der Waals surface area contributed by atoms with Gasteiger partial charge in [0, 0.05) is 17.3 Å². The molecule has 0 aliphatic carbocycles. The Morgan fingerprint density at radius 2 is 1.92 bits per heavy atom. The Morgan fingerprint density at radius 3 is 2.58 bits per heavy atom. The maximum Gasteiger partial charge on any atom is 0.263 e. The van der Waals surface area contributed by atoms with Crippen LogP contribution in [0.3, 0.4) is 0 Å². The first-order chi connectivity index (χ1) is 12.2. The Labute approximate surface area is 159 Å². The van der Waals surface area contributed by atoms with E-state index in [9.17, 15) is 13.2 Å². The number of sulfonamides is 1. The van der Waals surface area contributed by atoms with Gasteiger partial charge in [0.1, 0.15) is 4.90 Å². The first-order valence-corrected chi connectivity index (χ1v) is 10.3. The van der Waals surface area contributed by atoms with Crippen molar-refractivity contribution in [2.75, 3.05) is 4.72 Å². The first kappa shape index (κ1) is 20.3. The molecule has 0 saturated heterocycles. The van der Waals surface area contributed by atoms with E-state index >= 15 is 0 Å². The number of halogens is 1. The first-order valence-electron chi connectivity index (χ1n) is 8.43. The minimum Gasteiger partial charge on any atom is -0.350 e. The molecule has 140 valence electrons. The maximum absolute atomic E-state index is 12.7. The lowest BCUT2D eigenvalue weighted by molar-refractivity contribution is 0.0938. The number of nitrogens with one attached hydrogen (secondary N) is 2. The van der Waals surface area contributed by atoms with Gasteiger partial charge in [-0.05, 0) is 56.2 Å². The molecule has 0 radical (unpaired) electrons. The highest BCUT2D eigenvalue weighted by Gasteiger charge is 2.21. The van der Waals surface area contributed by atoms with E-state index in [-0.39, 0.29) is 27.4 Å². The minimum atomic E-state index is -3.92. The Hall–Kier alpha value is -2.05. The van der Waals surface area contributed by atoms with Gasteiger partial charge in [-0.1, -0.05) is 37.1 Å². The van der Waals surface area contributed by atoms with Crippen LogP contribution in [-0.4, -0.2) is 20.4 Å². The van der Waals surface area contributed by atoms with Gasteiger partial charge in [0.05, 0.1) is 5.02 Å². The summed E-state index contributed by atoms with van der Waals surface area (Å²) in [4.78, 5) is 12.2. The molecule has 0 aromatic heterocycles. The highest BCUT2D eigenvalue weighted by Crippen LogP contribution is 2.25. The smallest absolute Gasteiger partial charge is 0.263 e. The Bertz CT molecular complexity index is 897. The van der Waals surface area contributed by atoms with Crippen molar-refractivity contribution in [3.8, 4) is 0 Å². The molecule has 26 heavy (non-hydrogen) atoms. The van der Waals surface area contributed by atoms with Crippen LogP contribution in [0.5, 0.6) is 0 Å². The summed E-state index contributed by atoms with van der Waals surface area (Å²) in [5, 5.41) is 2.91. The van der Waals surface area contributed by atoms with Gasteiger partial charge in [-0.25, -0.2) is 8.42 Å². The monoisotopic (exact) mass is 394 g/mol. The lowest BCUT2D eigenvalue weighted by Gasteiger charge is -2.14. The molecule has 0 aliphatic rings. The van der Waals surface area contributed by atoms with Gasteiger partial charge < -0.3 is 5.32 Å². The summed E-state index contributed by atoms with van der Waals surface area (Å²) in [7, 11) is -3.92. The summed E-state index contributed by atoms with van der Waals surface area (Å²) in [5.74, 6) is -0.324. The number of aryl methyl sites for hydroxylation is 1. The van der Waals surface area contributed by atoms with Crippen LogP contribution in [-0.2, 0) is 10.0 Å². The summed E-state index contributed by atoms with van der Waals surface area (Å²) in [6.07, 6.45) is 1.79. The predicted octanol–water partition coefficient (Wildman–Crippen LogP) is 4.37. The molecule has 1 amide bonds. The number of anilines is 1. The van der Waals surface area contributed by atoms with Gasteiger partial charge in [-0.2, -0.15) is 0 Å². The number of carbonyl (C=O) groups excluding carboxylic acids is 1. The Balaban J connectivity index is 2.29. The van der Waals surface area contributed by atoms with E-state index in [0.29, 0.717) is 5.69 Å². The molecule has 0 aliphatic heterocycles. The molecule has 0 heterocycles. The zero-order chi connectivity index (χ0) is 19.3. The van der Waals surface area contributed by atoms with Gasteiger partial charge in [-0.15, -0.1) is 0 Å². The number of amides is 1. The van der Waals surface area contributed by atoms with Crippen molar-refractivity contribution in [2.45, 2.75) is 44.6 Å². The molecular formula is C19H23ClN2O3S. The second kappa shape index (κ2) is 8.56. The molecule has 0 spiro atoms. The quantitative estimate of drug-likeness (QED) is 0.732. The van der Waals surface area contributed by atoms with Crippen LogP contribution >= 0.6 is 11.6 Å². The average molecular weight is 395 g/mol. The second-order valence-corrected chi connectivity index (χ2v) is 8.34. The topological polar surface area (TPSA) is 75.3 Å². The van der Waals surface area contributed by atoms with Crippen LogP contribution < -0.4 is 10.0 Å². The minimum absolute atomic E-state index is 0.00801. The summed E-state index contributed by atoms with van der Waals surface area (Å²) in [6.45, 7) is 5.81. The molecule has 0 fully saturated rings. The lowest BCUT2D eigenvalue weighted by atomic mass is 10.1. The lowest BCUT2D eigenvalue weighted by Crippen LogP contribution is -2.32. The fourth-order valence-electron chi connectivity index (χ4n) is 2.58. The zero-order valence-electron chi connectivity index (χ0n) is 15.0. The van der Waals surface area contributed by atoms with E-state index in [4.69, 9.17) is 11.6 Å². The highest BCUT2D eigenvalue weighted by atomic mass is 35.5. The molecule has 1 atom stereocenters. The standard InChI is InChI=1S/C19H23ClN2O3S/c1-4-6-14(3)21-19(23)15-9-10-17(20)18(12-15)26(24,25)22-16-8-5-7-13(2)11-16/h5,7-12,14,22H,4,6H2,1-3H3,(H,21,23)/t14-/m0/s1. The third-order valence-corrected chi connectivity index (χ3v) is 5.72. The van der Waals surface area contributed by atoms with Crippen molar-refractivity contribution in [1.29, 1.82) is 0 Å². The summed E-state index contributed by atoms with van der Waals surface area (Å²) in [6, 6.07) is 11.2. The van der Waals surface area contributed by atoms with Crippen LogP contribution in [0.1, 0.15) is 42.6 Å². The van der Waals surface area contributed by atoms with Crippen LogP contribution in [0.15, 0.2) is 47.4 Å². The van der Waals surface area contributed by atoms with E-state index in [1.54, 1.807) is 18.2 Å². The van der Waals surface area contributed by atoms with Crippen molar-refractivity contribution in [2.24, 2.45) is 0 Å². The molecule has 7 heteroatoms.